The maximum Gasteiger partial charge on any atom is 0.124 e. The average molecular weight is 366 g/mol. The van der Waals surface area contributed by atoms with E-state index in [0.29, 0.717) is 0 Å². The van der Waals surface area contributed by atoms with Crippen molar-refractivity contribution in [2.75, 3.05) is 12.9 Å². The summed E-state index contributed by atoms with van der Waals surface area (Å²) in [6, 6.07) is 12.4. The molecule has 1 unspecified atom stereocenters. The number of benzene rings is 2. The minimum atomic E-state index is -0.0514. The molecule has 0 aromatic heterocycles. The van der Waals surface area contributed by atoms with Crippen molar-refractivity contribution < 1.29 is 4.74 Å². The third-order valence-electron chi connectivity index (χ3n) is 3.31. The summed E-state index contributed by atoms with van der Waals surface area (Å²) >= 11 is 5.25. The molecule has 0 bridgehead atoms. The molecule has 2 aromatic rings. The van der Waals surface area contributed by atoms with Gasteiger partial charge in [-0.05, 0) is 49.2 Å². The lowest BCUT2D eigenvalue weighted by Crippen LogP contribution is -2.16. The van der Waals surface area contributed by atoms with Crippen molar-refractivity contribution >= 4 is 27.7 Å². The van der Waals surface area contributed by atoms with Crippen LogP contribution in [0.1, 0.15) is 22.7 Å². The summed E-state index contributed by atoms with van der Waals surface area (Å²) in [6.07, 6.45) is 0. The monoisotopic (exact) mass is 365 g/mol. The van der Waals surface area contributed by atoms with Gasteiger partial charge in [0.05, 0.1) is 7.11 Å². The lowest BCUT2D eigenvalue weighted by molar-refractivity contribution is 0.406. The number of thioether (sulfide) groups is 1. The van der Waals surface area contributed by atoms with Gasteiger partial charge in [-0.25, -0.2) is 0 Å². The SMILES string of the molecule is COc1cc(C)cc(C)c1C(N)CSc1cccc(Br)c1. The topological polar surface area (TPSA) is 35.2 Å². The first-order chi connectivity index (χ1) is 10.0. The highest BCUT2D eigenvalue weighted by atomic mass is 79.9. The Labute approximate surface area is 139 Å². The second-order valence-electron chi connectivity index (χ2n) is 5.07. The van der Waals surface area contributed by atoms with Crippen LogP contribution in [0.3, 0.4) is 0 Å². The lowest BCUT2D eigenvalue weighted by Gasteiger charge is -2.19. The first kappa shape index (κ1) is 16.4. The van der Waals surface area contributed by atoms with Gasteiger partial charge in [0, 0.05) is 26.7 Å². The predicted molar refractivity (Wildman–Crippen MR) is 94.3 cm³/mol. The van der Waals surface area contributed by atoms with Crippen molar-refractivity contribution in [2.45, 2.75) is 24.8 Å². The van der Waals surface area contributed by atoms with Gasteiger partial charge in [0.15, 0.2) is 0 Å². The summed E-state index contributed by atoms with van der Waals surface area (Å²) < 4.78 is 6.59. The number of halogens is 1. The molecule has 2 N–H and O–H groups in total. The van der Waals surface area contributed by atoms with Crippen LogP contribution in [-0.4, -0.2) is 12.9 Å². The molecule has 2 rings (SSSR count). The minimum absolute atomic E-state index is 0.0514. The Hall–Kier alpha value is -0.970. The van der Waals surface area contributed by atoms with E-state index in [1.807, 2.05) is 18.2 Å². The Kier molecular flexibility index (Phi) is 5.73. The molecule has 4 heteroatoms. The number of nitrogens with two attached hydrogens (primary N) is 1. The maximum absolute atomic E-state index is 6.40. The van der Waals surface area contributed by atoms with E-state index in [-0.39, 0.29) is 6.04 Å². The fourth-order valence-electron chi connectivity index (χ4n) is 2.41. The van der Waals surface area contributed by atoms with Crippen LogP contribution in [0.15, 0.2) is 45.8 Å². The van der Waals surface area contributed by atoms with E-state index < -0.39 is 0 Å². The Bertz CT molecular complexity index is 630. The predicted octanol–water partition coefficient (Wildman–Crippen LogP) is 4.87. The molecular formula is C17H20BrNOS. The highest BCUT2D eigenvalue weighted by Crippen LogP contribution is 2.32. The van der Waals surface area contributed by atoms with Gasteiger partial charge >= 0.3 is 0 Å². The van der Waals surface area contributed by atoms with Gasteiger partial charge in [-0.2, -0.15) is 0 Å². The molecule has 0 aliphatic heterocycles. The fourth-order valence-corrected chi connectivity index (χ4v) is 3.88. The molecule has 0 aliphatic carbocycles. The van der Waals surface area contributed by atoms with Crippen LogP contribution in [0, 0.1) is 13.8 Å². The summed E-state index contributed by atoms with van der Waals surface area (Å²) in [4.78, 5) is 1.21. The van der Waals surface area contributed by atoms with Gasteiger partial charge in [-0.1, -0.05) is 28.1 Å². The van der Waals surface area contributed by atoms with E-state index in [0.717, 1.165) is 21.5 Å². The van der Waals surface area contributed by atoms with Crippen LogP contribution in [0.2, 0.25) is 0 Å². The van der Waals surface area contributed by atoms with Crippen molar-refractivity contribution in [3.8, 4) is 5.75 Å². The van der Waals surface area contributed by atoms with Crippen molar-refractivity contribution in [1.82, 2.24) is 0 Å². The Morgan fingerprint density at radius 2 is 2.00 bits per heavy atom. The lowest BCUT2D eigenvalue weighted by atomic mass is 9.99. The highest BCUT2D eigenvalue weighted by molar-refractivity contribution is 9.10. The van der Waals surface area contributed by atoms with Crippen LogP contribution in [0.25, 0.3) is 0 Å². The maximum atomic E-state index is 6.40. The van der Waals surface area contributed by atoms with Crippen LogP contribution in [-0.2, 0) is 0 Å². The van der Waals surface area contributed by atoms with Crippen molar-refractivity contribution in [3.63, 3.8) is 0 Å². The molecule has 0 spiro atoms. The number of ether oxygens (including phenoxy) is 1. The van der Waals surface area contributed by atoms with E-state index in [4.69, 9.17) is 10.5 Å². The zero-order chi connectivity index (χ0) is 15.4. The second-order valence-corrected chi connectivity index (χ2v) is 7.08. The smallest absolute Gasteiger partial charge is 0.124 e. The average Bonchev–Trinajstić information content (AvgIpc) is 2.44. The van der Waals surface area contributed by atoms with Crippen LogP contribution < -0.4 is 10.5 Å². The molecule has 0 saturated carbocycles. The van der Waals surface area contributed by atoms with Crippen molar-refractivity contribution in [3.05, 3.63) is 57.6 Å². The van der Waals surface area contributed by atoms with Gasteiger partial charge in [-0.3, -0.25) is 0 Å². The van der Waals surface area contributed by atoms with Gasteiger partial charge in [0.2, 0.25) is 0 Å². The zero-order valence-corrected chi connectivity index (χ0v) is 14.9. The molecule has 0 aliphatic rings. The Balaban J connectivity index is 2.15. The first-order valence-corrected chi connectivity index (χ1v) is 8.58. The number of aryl methyl sites for hydroxylation is 2. The highest BCUT2D eigenvalue weighted by Gasteiger charge is 2.16. The Morgan fingerprint density at radius 1 is 1.24 bits per heavy atom. The standard InChI is InChI=1S/C17H20BrNOS/c1-11-7-12(2)17(16(8-11)20-3)15(19)10-21-14-6-4-5-13(18)9-14/h4-9,15H,10,19H2,1-3H3. The first-order valence-electron chi connectivity index (χ1n) is 6.80. The fraction of sp³-hybridized carbons (Fsp3) is 0.294. The van der Waals surface area contributed by atoms with Crippen LogP contribution in [0.4, 0.5) is 0 Å². The molecule has 0 saturated heterocycles. The van der Waals surface area contributed by atoms with Gasteiger partial charge < -0.3 is 10.5 Å². The molecule has 2 aromatic carbocycles. The molecular weight excluding hydrogens is 346 g/mol. The minimum Gasteiger partial charge on any atom is -0.496 e. The summed E-state index contributed by atoms with van der Waals surface area (Å²) in [5, 5.41) is 0. The number of hydrogen-bond acceptors (Lipinski definition) is 3. The summed E-state index contributed by atoms with van der Waals surface area (Å²) in [5.74, 6) is 1.70. The summed E-state index contributed by atoms with van der Waals surface area (Å²) in [5.41, 5.74) is 9.88. The van der Waals surface area contributed by atoms with E-state index in [1.54, 1.807) is 18.9 Å². The normalized spacial score (nSPS) is 12.2. The molecule has 0 fully saturated rings. The van der Waals surface area contributed by atoms with Crippen LogP contribution in [0.5, 0.6) is 5.75 Å². The van der Waals surface area contributed by atoms with Crippen LogP contribution >= 0.6 is 27.7 Å². The van der Waals surface area contributed by atoms with Gasteiger partial charge in [-0.15, -0.1) is 11.8 Å². The van der Waals surface area contributed by atoms with Gasteiger partial charge in [0.25, 0.3) is 0 Å². The van der Waals surface area contributed by atoms with E-state index in [2.05, 4.69) is 48.0 Å². The number of methoxy groups -OCH3 is 1. The third kappa shape index (κ3) is 4.25. The zero-order valence-electron chi connectivity index (χ0n) is 12.5. The number of hydrogen-bond donors (Lipinski definition) is 1. The molecule has 112 valence electrons. The van der Waals surface area contributed by atoms with Crippen molar-refractivity contribution in [1.29, 1.82) is 0 Å². The molecule has 0 heterocycles. The molecule has 1 atom stereocenters. The molecule has 21 heavy (non-hydrogen) atoms. The summed E-state index contributed by atoms with van der Waals surface area (Å²) in [6.45, 7) is 4.16. The Morgan fingerprint density at radius 3 is 2.67 bits per heavy atom. The largest absolute Gasteiger partial charge is 0.496 e. The van der Waals surface area contributed by atoms with E-state index >= 15 is 0 Å². The van der Waals surface area contributed by atoms with Crippen molar-refractivity contribution in [2.24, 2.45) is 5.73 Å². The van der Waals surface area contributed by atoms with E-state index in [1.165, 1.54) is 16.0 Å². The third-order valence-corrected chi connectivity index (χ3v) is 4.92. The summed E-state index contributed by atoms with van der Waals surface area (Å²) in [7, 11) is 1.70. The molecule has 0 amide bonds. The molecule has 0 radical (unpaired) electrons. The number of rotatable bonds is 5. The second kappa shape index (κ2) is 7.34. The quantitative estimate of drug-likeness (QED) is 0.767. The molecule has 2 nitrogen and oxygen atoms in total. The van der Waals surface area contributed by atoms with E-state index in [9.17, 15) is 0 Å². The van der Waals surface area contributed by atoms with Gasteiger partial charge in [0.1, 0.15) is 5.75 Å².